The Hall–Kier alpha value is -2.89. The number of nitrogen functional groups attached to an aromatic ring is 2. The summed E-state index contributed by atoms with van der Waals surface area (Å²) in [6.07, 6.45) is 0. The largest absolute Gasteiger partial charge is 0.486 e. The fraction of sp³-hybridized carbons (Fsp3) is 0.133. The maximum atomic E-state index is 5.83. The highest BCUT2D eigenvalue weighted by Gasteiger charge is 2.15. The first-order valence-electron chi connectivity index (χ1n) is 6.65. The number of ether oxygens (including phenoxy) is 2. The highest BCUT2D eigenvalue weighted by atomic mass is 16.6. The molecule has 6 nitrogen and oxygen atoms in total. The van der Waals surface area contributed by atoms with Gasteiger partial charge in [0.2, 0.25) is 0 Å². The number of rotatable bonds is 1. The van der Waals surface area contributed by atoms with Crippen molar-refractivity contribution in [3.8, 4) is 22.9 Å². The summed E-state index contributed by atoms with van der Waals surface area (Å²) in [5.74, 6) is 2.17. The Morgan fingerprint density at radius 2 is 1.57 bits per heavy atom. The molecule has 0 saturated carbocycles. The molecule has 0 bridgehead atoms. The third-order valence-electron chi connectivity index (χ3n) is 3.40. The number of fused-ring (bicyclic) bond motifs is 2. The van der Waals surface area contributed by atoms with Crippen molar-refractivity contribution >= 4 is 22.4 Å². The molecule has 0 unspecified atom stereocenters. The summed E-state index contributed by atoms with van der Waals surface area (Å²) in [4.78, 5) is 7.83. The maximum absolute atomic E-state index is 5.83. The molecule has 1 aliphatic rings. The lowest BCUT2D eigenvalue weighted by atomic mass is 10.1. The third-order valence-corrected chi connectivity index (χ3v) is 3.40. The van der Waals surface area contributed by atoms with Crippen LogP contribution in [0.3, 0.4) is 0 Å². The van der Waals surface area contributed by atoms with Crippen molar-refractivity contribution in [2.45, 2.75) is 0 Å². The average molecular weight is 282 g/mol. The van der Waals surface area contributed by atoms with Gasteiger partial charge >= 0.3 is 0 Å². The fourth-order valence-corrected chi connectivity index (χ4v) is 2.50. The Balaban J connectivity index is 1.86. The number of benzene rings is 2. The summed E-state index contributed by atoms with van der Waals surface area (Å²) in [7, 11) is 0. The Labute approximate surface area is 120 Å². The van der Waals surface area contributed by atoms with Crippen LogP contribution in [-0.2, 0) is 0 Å². The van der Waals surface area contributed by atoms with E-state index in [0.29, 0.717) is 30.4 Å². The Kier molecular flexibility index (Phi) is 2.44. The van der Waals surface area contributed by atoms with E-state index in [1.165, 1.54) is 0 Å². The number of nitrogens with zero attached hydrogens (tertiary/aromatic N) is 1. The van der Waals surface area contributed by atoms with Crippen LogP contribution in [0.5, 0.6) is 11.5 Å². The van der Waals surface area contributed by atoms with Gasteiger partial charge in [0.15, 0.2) is 11.5 Å². The van der Waals surface area contributed by atoms with Crippen LogP contribution in [0.1, 0.15) is 0 Å². The number of aromatic amines is 1. The van der Waals surface area contributed by atoms with Gasteiger partial charge in [0.1, 0.15) is 19.0 Å². The maximum Gasteiger partial charge on any atom is 0.163 e. The molecule has 0 radical (unpaired) electrons. The van der Waals surface area contributed by atoms with Gasteiger partial charge in [0.25, 0.3) is 0 Å². The molecular weight excluding hydrogens is 268 g/mol. The molecule has 5 N–H and O–H groups in total. The van der Waals surface area contributed by atoms with Gasteiger partial charge in [-0.1, -0.05) is 0 Å². The molecule has 0 amide bonds. The zero-order chi connectivity index (χ0) is 14.4. The second-order valence-electron chi connectivity index (χ2n) is 4.99. The molecule has 0 aliphatic carbocycles. The zero-order valence-electron chi connectivity index (χ0n) is 11.2. The smallest absolute Gasteiger partial charge is 0.163 e. The number of nitrogens with two attached hydrogens (primary N) is 2. The van der Waals surface area contributed by atoms with Crippen molar-refractivity contribution in [3.63, 3.8) is 0 Å². The Bertz CT molecular complexity index is 778. The van der Waals surface area contributed by atoms with E-state index in [-0.39, 0.29) is 0 Å². The standard InChI is InChI=1S/C15H14N4O2/c16-9-3-8(4-10(17)5-9)15-18-11-6-13-14(7-12(11)19-15)21-2-1-20-13/h3-7H,1-2,16-17H2,(H,18,19). The number of imidazole rings is 1. The van der Waals surface area contributed by atoms with Crippen LogP contribution in [0.15, 0.2) is 30.3 Å². The number of hydrogen-bond acceptors (Lipinski definition) is 5. The molecule has 0 saturated heterocycles. The number of anilines is 2. The van der Waals surface area contributed by atoms with Gasteiger partial charge in [0, 0.05) is 29.1 Å². The molecule has 21 heavy (non-hydrogen) atoms. The number of H-pyrrole nitrogens is 1. The molecule has 0 atom stereocenters. The summed E-state index contributed by atoms with van der Waals surface area (Å²) in [6.45, 7) is 1.12. The van der Waals surface area contributed by atoms with Gasteiger partial charge in [-0.3, -0.25) is 0 Å². The van der Waals surface area contributed by atoms with Crippen molar-refractivity contribution in [2.24, 2.45) is 0 Å². The Morgan fingerprint density at radius 3 is 2.29 bits per heavy atom. The van der Waals surface area contributed by atoms with Crippen LogP contribution in [-0.4, -0.2) is 23.2 Å². The molecule has 6 heteroatoms. The molecule has 4 rings (SSSR count). The van der Waals surface area contributed by atoms with Crippen LogP contribution in [0.2, 0.25) is 0 Å². The second kappa shape index (κ2) is 4.31. The Morgan fingerprint density at radius 1 is 0.905 bits per heavy atom. The minimum atomic E-state index is 0.557. The van der Waals surface area contributed by atoms with Crippen molar-refractivity contribution in [2.75, 3.05) is 24.7 Å². The summed E-state index contributed by atoms with van der Waals surface area (Å²) in [5, 5.41) is 0. The van der Waals surface area contributed by atoms with E-state index >= 15 is 0 Å². The lowest BCUT2D eigenvalue weighted by Crippen LogP contribution is -2.15. The molecule has 3 aromatic rings. The highest BCUT2D eigenvalue weighted by molar-refractivity contribution is 5.84. The van der Waals surface area contributed by atoms with Gasteiger partial charge in [-0.15, -0.1) is 0 Å². The summed E-state index contributed by atoms with van der Waals surface area (Å²) in [6, 6.07) is 9.16. The van der Waals surface area contributed by atoms with Crippen molar-refractivity contribution in [1.29, 1.82) is 0 Å². The van der Waals surface area contributed by atoms with E-state index in [0.717, 1.165) is 28.1 Å². The average Bonchev–Trinajstić information content (AvgIpc) is 2.86. The molecular formula is C15H14N4O2. The van der Waals surface area contributed by atoms with Crippen molar-refractivity contribution in [3.05, 3.63) is 30.3 Å². The van der Waals surface area contributed by atoms with Crippen molar-refractivity contribution < 1.29 is 9.47 Å². The number of nitrogens with one attached hydrogen (secondary N) is 1. The lowest BCUT2D eigenvalue weighted by Gasteiger charge is -2.17. The third kappa shape index (κ3) is 2.01. The van der Waals surface area contributed by atoms with Gasteiger partial charge < -0.3 is 25.9 Å². The quantitative estimate of drug-likeness (QED) is 0.594. The minimum absolute atomic E-state index is 0.557. The molecule has 2 aromatic carbocycles. The number of aromatic nitrogens is 2. The second-order valence-corrected chi connectivity index (χ2v) is 4.99. The molecule has 1 aromatic heterocycles. The van der Waals surface area contributed by atoms with Gasteiger partial charge in [-0.2, -0.15) is 0 Å². The van der Waals surface area contributed by atoms with E-state index in [9.17, 15) is 0 Å². The summed E-state index contributed by atoms with van der Waals surface area (Å²) in [5.41, 5.74) is 15.4. The van der Waals surface area contributed by atoms with Gasteiger partial charge in [-0.05, 0) is 18.2 Å². The first kappa shape index (κ1) is 11.9. The summed E-state index contributed by atoms with van der Waals surface area (Å²) >= 11 is 0. The normalized spacial score (nSPS) is 13.5. The first-order valence-corrected chi connectivity index (χ1v) is 6.65. The summed E-state index contributed by atoms with van der Waals surface area (Å²) < 4.78 is 11.1. The lowest BCUT2D eigenvalue weighted by molar-refractivity contribution is 0.172. The van der Waals surface area contributed by atoms with E-state index in [4.69, 9.17) is 20.9 Å². The van der Waals surface area contributed by atoms with Crippen LogP contribution in [0, 0.1) is 0 Å². The van der Waals surface area contributed by atoms with Gasteiger partial charge in [0.05, 0.1) is 11.0 Å². The van der Waals surface area contributed by atoms with Crippen LogP contribution in [0.4, 0.5) is 11.4 Å². The number of hydrogen-bond donors (Lipinski definition) is 3. The van der Waals surface area contributed by atoms with E-state index in [1.54, 1.807) is 6.07 Å². The fourth-order valence-electron chi connectivity index (χ4n) is 2.50. The van der Waals surface area contributed by atoms with Gasteiger partial charge in [-0.25, -0.2) is 4.98 Å². The predicted molar refractivity (Wildman–Crippen MR) is 81.3 cm³/mol. The highest BCUT2D eigenvalue weighted by Crippen LogP contribution is 2.35. The molecule has 2 heterocycles. The minimum Gasteiger partial charge on any atom is -0.486 e. The predicted octanol–water partition coefficient (Wildman–Crippen LogP) is 2.17. The molecule has 1 aliphatic heterocycles. The van der Waals surface area contributed by atoms with Crippen LogP contribution >= 0.6 is 0 Å². The molecule has 0 spiro atoms. The van der Waals surface area contributed by atoms with Crippen LogP contribution in [0.25, 0.3) is 22.4 Å². The molecule has 106 valence electrons. The molecule has 0 fully saturated rings. The zero-order valence-corrected chi connectivity index (χ0v) is 11.2. The van der Waals surface area contributed by atoms with E-state index in [2.05, 4.69) is 9.97 Å². The van der Waals surface area contributed by atoms with E-state index in [1.807, 2.05) is 24.3 Å². The van der Waals surface area contributed by atoms with E-state index < -0.39 is 0 Å². The topological polar surface area (TPSA) is 99.2 Å². The first-order chi connectivity index (χ1) is 10.2. The SMILES string of the molecule is Nc1cc(N)cc(-c2nc3cc4c(cc3[nH]2)OCCO4)c1. The van der Waals surface area contributed by atoms with Crippen LogP contribution < -0.4 is 20.9 Å². The van der Waals surface area contributed by atoms with Crippen molar-refractivity contribution in [1.82, 2.24) is 9.97 Å². The monoisotopic (exact) mass is 282 g/mol.